The van der Waals surface area contributed by atoms with E-state index in [4.69, 9.17) is 11.6 Å². The summed E-state index contributed by atoms with van der Waals surface area (Å²) in [6.45, 7) is 1.48. The molecule has 0 aromatic rings. The van der Waals surface area contributed by atoms with Gasteiger partial charge in [0.25, 0.3) is 0 Å². The van der Waals surface area contributed by atoms with E-state index in [-0.39, 0.29) is 0 Å². The SMILES string of the molecule is CC([O])[CH]Cl. The second-order valence-electron chi connectivity index (χ2n) is 0.831. The summed E-state index contributed by atoms with van der Waals surface area (Å²) < 4.78 is 0. The standard InChI is InChI=1S/C3H5ClO/c1-3(5)2-4/h2-3H,1H3. The molecular weight excluding hydrogens is 87.5 g/mol. The molecule has 0 heterocycles. The van der Waals surface area contributed by atoms with Crippen molar-refractivity contribution in [1.29, 1.82) is 0 Å². The summed E-state index contributed by atoms with van der Waals surface area (Å²) in [7, 11) is 0. The molecule has 1 atom stereocenters. The van der Waals surface area contributed by atoms with E-state index >= 15 is 0 Å². The average molecular weight is 92.5 g/mol. The van der Waals surface area contributed by atoms with Gasteiger partial charge in [-0.15, -0.1) is 11.6 Å². The molecule has 0 aromatic heterocycles. The van der Waals surface area contributed by atoms with Gasteiger partial charge in [-0.25, -0.2) is 5.11 Å². The molecule has 0 saturated carbocycles. The molecule has 0 saturated heterocycles. The highest BCUT2D eigenvalue weighted by atomic mass is 35.5. The number of rotatable bonds is 1. The summed E-state index contributed by atoms with van der Waals surface area (Å²) in [5.74, 6) is 1.08. The molecule has 2 heteroatoms. The van der Waals surface area contributed by atoms with E-state index in [1.165, 1.54) is 6.92 Å². The van der Waals surface area contributed by atoms with Crippen molar-refractivity contribution in [2.24, 2.45) is 0 Å². The normalized spacial score (nSPS) is 15.0. The zero-order valence-corrected chi connectivity index (χ0v) is 3.70. The second-order valence-corrected chi connectivity index (χ2v) is 1.08. The van der Waals surface area contributed by atoms with Crippen LogP contribution in [0.3, 0.4) is 0 Å². The molecule has 0 aliphatic carbocycles. The quantitative estimate of drug-likeness (QED) is 0.463. The second kappa shape index (κ2) is 2.49. The summed E-state index contributed by atoms with van der Waals surface area (Å²) in [6.07, 6.45) is -0.725. The number of halogens is 1. The van der Waals surface area contributed by atoms with Gasteiger partial charge in [0.15, 0.2) is 0 Å². The van der Waals surface area contributed by atoms with Crippen molar-refractivity contribution in [2.75, 3.05) is 0 Å². The Hall–Kier alpha value is 0.250. The zero-order chi connectivity index (χ0) is 4.28. The summed E-state index contributed by atoms with van der Waals surface area (Å²) in [5.41, 5.74) is 0. The van der Waals surface area contributed by atoms with Crippen molar-refractivity contribution in [1.82, 2.24) is 0 Å². The Morgan fingerprint density at radius 3 is 2.20 bits per heavy atom. The van der Waals surface area contributed by atoms with Crippen LogP contribution in [0.4, 0.5) is 0 Å². The van der Waals surface area contributed by atoms with Crippen molar-refractivity contribution in [2.45, 2.75) is 13.0 Å². The van der Waals surface area contributed by atoms with Crippen LogP contribution in [0.1, 0.15) is 6.92 Å². The Kier molecular flexibility index (Phi) is 2.61. The first-order chi connectivity index (χ1) is 2.27. The Labute approximate surface area is 36.6 Å². The number of hydrogen-bond donors (Lipinski definition) is 0. The fourth-order valence-corrected chi connectivity index (χ4v) is 0. The van der Waals surface area contributed by atoms with Crippen LogP contribution in [0.15, 0.2) is 0 Å². The lowest BCUT2D eigenvalue weighted by molar-refractivity contribution is 0.140. The molecule has 0 fully saturated rings. The summed E-state index contributed by atoms with van der Waals surface area (Å²) in [4.78, 5) is 0. The van der Waals surface area contributed by atoms with E-state index < -0.39 is 6.10 Å². The summed E-state index contributed by atoms with van der Waals surface area (Å²) >= 11 is 4.90. The van der Waals surface area contributed by atoms with Gasteiger partial charge >= 0.3 is 0 Å². The molecular formula is C3H5ClO. The Bertz CT molecular complexity index is 20.9. The van der Waals surface area contributed by atoms with E-state index in [1.54, 1.807) is 0 Å². The predicted octanol–water partition coefficient (Wildman–Crippen LogP) is 1.21. The average Bonchev–Trinajstić information content (AvgIpc) is 1.38. The Balaban J connectivity index is 2.54. The van der Waals surface area contributed by atoms with Crippen LogP contribution in [0.25, 0.3) is 0 Å². The van der Waals surface area contributed by atoms with Gasteiger partial charge in [-0.05, 0) is 6.92 Å². The van der Waals surface area contributed by atoms with Crippen LogP contribution >= 0.6 is 11.6 Å². The van der Waals surface area contributed by atoms with E-state index in [1.807, 2.05) is 0 Å². The van der Waals surface area contributed by atoms with Gasteiger partial charge < -0.3 is 0 Å². The largest absolute Gasteiger partial charge is 0.232 e. The first-order valence-corrected chi connectivity index (χ1v) is 1.80. The van der Waals surface area contributed by atoms with Gasteiger partial charge in [-0.2, -0.15) is 0 Å². The highest BCUT2D eigenvalue weighted by molar-refractivity contribution is 6.23. The maximum Gasteiger partial charge on any atom is 0.108 e. The lowest BCUT2D eigenvalue weighted by Gasteiger charge is -1.83. The van der Waals surface area contributed by atoms with Crippen molar-refractivity contribution in [3.63, 3.8) is 0 Å². The van der Waals surface area contributed by atoms with Crippen LogP contribution in [0, 0.1) is 5.88 Å². The third-order valence-corrected chi connectivity index (χ3v) is 0.532. The first-order valence-electron chi connectivity index (χ1n) is 1.36. The molecule has 0 aliphatic heterocycles. The molecule has 5 heavy (non-hydrogen) atoms. The molecule has 0 rings (SSSR count). The van der Waals surface area contributed by atoms with Gasteiger partial charge in [0.1, 0.15) is 6.10 Å². The van der Waals surface area contributed by atoms with Gasteiger partial charge in [0, 0.05) is 0 Å². The third-order valence-electron chi connectivity index (χ3n) is 0.177. The van der Waals surface area contributed by atoms with Crippen molar-refractivity contribution in [3.8, 4) is 0 Å². The lowest BCUT2D eigenvalue weighted by Crippen LogP contribution is -1.89. The maximum atomic E-state index is 9.71. The zero-order valence-electron chi connectivity index (χ0n) is 2.94. The van der Waals surface area contributed by atoms with Crippen LogP contribution < -0.4 is 0 Å². The molecule has 1 nitrogen and oxygen atoms in total. The van der Waals surface area contributed by atoms with Crippen LogP contribution in [0.5, 0.6) is 0 Å². The van der Waals surface area contributed by atoms with Gasteiger partial charge in [-0.1, -0.05) is 0 Å². The minimum Gasteiger partial charge on any atom is -0.232 e. The Morgan fingerprint density at radius 1 is 2.00 bits per heavy atom. The van der Waals surface area contributed by atoms with Gasteiger partial charge in [0.2, 0.25) is 0 Å². The highest BCUT2D eigenvalue weighted by Gasteiger charge is 1.88. The number of hydrogen-bond acceptors (Lipinski definition) is 0. The van der Waals surface area contributed by atoms with Crippen molar-refractivity contribution < 1.29 is 5.11 Å². The molecule has 0 spiro atoms. The smallest absolute Gasteiger partial charge is 0.108 e. The minimum absolute atomic E-state index is 0.725. The molecule has 2 radical (unpaired) electrons. The van der Waals surface area contributed by atoms with E-state index in [2.05, 4.69) is 0 Å². The topological polar surface area (TPSA) is 19.9 Å². The molecule has 0 N–H and O–H groups in total. The fraction of sp³-hybridized carbons (Fsp3) is 0.667. The summed E-state index contributed by atoms with van der Waals surface area (Å²) in [6, 6.07) is 0. The van der Waals surface area contributed by atoms with E-state index in [9.17, 15) is 5.11 Å². The van der Waals surface area contributed by atoms with E-state index in [0.29, 0.717) is 0 Å². The molecule has 0 amide bonds. The predicted molar refractivity (Wildman–Crippen MR) is 20.3 cm³/mol. The van der Waals surface area contributed by atoms with E-state index in [0.717, 1.165) is 5.88 Å². The van der Waals surface area contributed by atoms with Crippen LogP contribution in [-0.2, 0) is 5.11 Å². The fourth-order valence-electron chi connectivity index (χ4n) is 0. The highest BCUT2D eigenvalue weighted by Crippen LogP contribution is 1.89. The molecule has 0 aliphatic rings. The van der Waals surface area contributed by atoms with Crippen molar-refractivity contribution in [3.05, 3.63) is 5.88 Å². The first kappa shape index (κ1) is 5.25. The molecule has 0 bridgehead atoms. The summed E-state index contributed by atoms with van der Waals surface area (Å²) in [5, 5.41) is 9.71. The molecule has 0 aromatic carbocycles. The van der Waals surface area contributed by atoms with Crippen LogP contribution in [0.2, 0.25) is 0 Å². The maximum absolute atomic E-state index is 9.71. The monoisotopic (exact) mass is 92.0 g/mol. The van der Waals surface area contributed by atoms with Crippen LogP contribution in [-0.4, -0.2) is 6.10 Å². The lowest BCUT2D eigenvalue weighted by atomic mass is 10.5. The van der Waals surface area contributed by atoms with Crippen molar-refractivity contribution >= 4 is 11.6 Å². The Morgan fingerprint density at radius 2 is 2.20 bits per heavy atom. The third kappa shape index (κ3) is 4.25. The van der Waals surface area contributed by atoms with Gasteiger partial charge in [-0.3, -0.25) is 0 Å². The minimum atomic E-state index is -0.725. The molecule has 30 valence electrons. The van der Waals surface area contributed by atoms with Gasteiger partial charge in [0.05, 0.1) is 5.88 Å². The molecule has 1 unspecified atom stereocenters.